The van der Waals surface area contributed by atoms with Gasteiger partial charge < -0.3 is 15.6 Å². The van der Waals surface area contributed by atoms with Crippen LogP contribution in [0.1, 0.15) is 20.7 Å². The Balaban J connectivity index is 1.48. The number of aromatic amines is 1. The summed E-state index contributed by atoms with van der Waals surface area (Å²) in [6.07, 6.45) is 4.86. The van der Waals surface area contributed by atoms with Crippen LogP contribution < -0.4 is 10.6 Å². The third kappa shape index (κ3) is 4.91. The molecule has 0 atom stereocenters. The fourth-order valence-corrected chi connectivity index (χ4v) is 3.12. The molecular formula is C22H15Cl2N5O2. The molecule has 0 bridgehead atoms. The van der Waals surface area contributed by atoms with Crippen molar-refractivity contribution in [1.82, 2.24) is 15.0 Å². The summed E-state index contributed by atoms with van der Waals surface area (Å²) in [5.74, 6) is -0.131. The summed E-state index contributed by atoms with van der Waals surface area (Å²) in [6, 6.07) is 14.6. The number of hydrogen-bond donors (Lipinski definition) is 3. The molecule has 0 aliphatic carbocycles. The lowest BCUT2D eigenvalue weighted by Crippen LogP contribution is -2.15. The predicted octanol–water partition coefficient (Wildman–Crippen LogP) is 5.28. The fourth-order valence-electron chi connectivity index (χ4n) is 2.79. The first-order chi connectivity index (χ1) is 15.0. The van der Waals surface area contributed by atoms with Gasteiger partial charge in [0.2, 0.25) is 0 Å². The van der Waals surface area contributed by atoms with E-state index in [1.54, 1.807) is 60.9 Å². The highest BCUT2D eigenvalue weighted by atomic mass is 35.5. The normalized spacial score (nSPS) is 10.5. The lowest BCUT2D eigenvalue weighted by Gasteiger charge is -2.10. The number of carbonyl (C=O) groups is 2. The minimum absolute atomic E-state index is 0.214. The maximum atomic E-state index is 12.7. The smallest absolute Gasteiger partial charge is 0.257 e. The van der Waals surface area contributed by atoms with E-state index in [2.05, 4.69) is 25.6 Å². The Kier molecular flexibility index (Phi) is 5.97. The van der Waals surface area contributed by atoms with Gasteiger partial charge in [0.25, 0.3) is 11.8 Å². The van der Waals surface area contributed by atoms with Crippen molar-refractivity contribution in [2.45, 2.75) is 0 Å². The molecule has 2 aromatic heterocycles. The quantitative estimate of drug-likeness (QED) is 0.384. The molecule has 2 heterocycles. The first-order valence-electron chi connectivity index (χ1n) is 9.13. The number of rotatable bonds is 5. The van der Waals surface area contributed by atoms with Crippen molar-refractivity contribution < 1.29 is 9.59 Å². The number of imidazole rings is 1. The van der Waals surface area contributed by atoms with Gasteiger partial charge in [0, 0.05) is 28.7 Å². The van der Waals surface area contributed by atoms with Crippen LogP contribution in [-0.4, -0.2) is 26.8 Å². The van der Waals surface area contributed by atoms with Crippen molar-refractivity contribution in [1.29, 1.82) is 0 Å². The minimum Gasteiger partial charge on any atom is -0.343 e. The number of pyridine rings is 1. The number of anilines is 2. The lowest BCUT2D eigenvalue weighted by atomic mass is 10.1. The molecule has 0 aliphatic rings. The van der Waals surface area contributed by atoms with Gasteiger partial charge in [0.15, 0.2) is 5.82 Å². The van der Waals surface area contributed by atoms with E-state index in [-0.39, 0.29) is 16.5 Å². The standard InChI is InChI=1S/C22H15Cl2N5O2/c23-14-3-1-13(2-4-14)21(30)28-15-5-7-18(24)17(11-15)22(31)29-16-6-8-19(27-12-16)20-25-9-10-26-20/h1-12H,(H,25,26)(H,28,30)(H,29,31). The molecule has 0 aliphatic heterocycles. The second kappa shape index (κ2) is 8.99. The van der Waals surface area contributed by atoms with Crippen LogP contribution in [0.4, 0.5) is 11.4 Å². The zero-order chi connectivity index (χ0) is 21.8. The predicted molar refractivity (Wildman–Crippen MR) is 121 cm³/mol. The molecule has 4 aromatic rings. The highest BCUT2D eigenvalue weighted by Crippen LogP contribution is 2.23. The van der Waals surface area contributed by atoms with E-state index in [4.69, 9.17) is 23.2 Å². The number of amides is 2. The topological polar surface area (TPSA) is 99.8 Å². The van der Waals surface area contributed by atoms with E-state index in [1.807, 2.05) is 0 Å². The molecule has 0 unspecified atom stereocenters. The van der Waals surface area contributed by atoms with Gasteiger partial charge >= 0.3 is 0 Å². The van der Waals surface area contributed by atoms with Crippen LogP contribution in [0.5, 0.6) is 0 Å². The molecule has 2 aromatic carbocycles. The molecule has 0 fully saturated rings. The van der Waals surface area contributed by atoms with Gasteiger partial charge in [-0.15, -0.1) is 0 Å². The van der Waals surface area contributed by atoms with Gasteiger partial charge in [-0.3, -0.25) is 14.6 Å². The van der Waals surface area contributed by atoms with Crippen molar-refractivity contribution >= 4 is 46.4 Å². The maximum Gasteiger partial charge on any atom is 0.257 e. The van der Waals surface area contributed by atoms with Gasteiger partial charge in [-0.1, -0.05) is 23.2 Å². The molecule has 31 heavy (non-hydrogen) atoms. The zero-order valence-corrected chi connectivity index (χ0v) is 17.4. The molecule has 3 N–H and O–H groups in total. The molecule has 0 radical (unpaired) electrons. The number of H-pyrrole nitrogens is 1. The molecular weight excluding hydrogens is 437 g/mol. The summed E-state index contributed by atoms with van der Waals surface area (Å²) in [6.45, 7) is 0. The monoisotopic (exact) mass is 451 g/mol. The van der Waals surface area contributed by atoms with Crippen molar-refractivity contribution in [3.8, 4) is 11.5 Å². The fraction of sp³-hybridized carbons (Fsp3) is 0. The van der Waals surface area contributed by atoms with Gasteiger partial charge in [0.1, 0.15) is 5.69 Å². The van der Waals surface area contributed by atoms with Crippen LogP contribution >= 0.6 is 23.2 Å². The zero-order valence-electron chi connectivity index (χ0n) is 15.9. The van der Waals surface area contributed by atoms with Crippen molar-refractivity contribution in [2.24, 2.45) is 0 Å². The van der Waals surface area contributed by atoms with Gasteiger partial charge in [-0.05, 0) is 54.6 Å². The molecule has 0 saturated heterocycles. The average molecular weight is 452 g/mol. The van der Waals surface area contributed by atoms with Crippen molar-refractivity contribution in [3.05, 3.63) is 94.4 Å². The summed E-state index contributed by atoms with van der Waals surface area (Å²) >= 11 is 12.1. The van der Waals surface area contributed by atoms with Crippen LogP contribution in [0.25, 0.3) is 11.5 Å². The van der Waals surface area contributed by atoms with Crippen LogP contribution in [0.15, 0.2) is 73.2 Å². The number of aromatic nitrogens is 3. The van der Waals surface area contributed by atoms with Crippen LogP contribution in [0.3, 0.4) is 0 Å². The molecule has 0 saturated carbocycles. The summed E-state index contributed by atoms with van der Waals surface area (Å²) < 4.78 is 0. The third-order valence-corrected chi connectivity index (χ3v) is 4.92. The number of carbonyl (C=O) groups excluding carboxylic acids is 2. The molecule has 154 valence electrons. The van der Waals surface area contributed by atoms with Gasteiger partial charge in [-0.25, -0.2) is 4.98 Å². The minimum atomic E-state index is -0.430. The van der Waals surface area contributed by atoms with E-state index < -0.39 is 5.91 Å². The van der Waals surface area contributed by atoms with E-state index in [0.29, 0.717) is 33.5 Å². The Morgan fingerprint density at radius 2 is 1.58 bits per heavy atom. The highest BCUT2D eigenvalue weighted by molar-refractivity contribution is 6.34. The van der Waals surface area contributed by atoms with Crippen LogP contribution in [0.2, 0.25) is 10.0 Å². The first kappa shape index (κ1) is 20.6. The third-order valence-electron chi connectivity index (χ3n) is 4.34. The lowest BCUT2D eigenvalue weighted by molar-refractivity contribution is 0.101. The highest BCUT2D eigenvalue weighted by Gasteiger charge is 2.14. The molecule has 7 nitrogen and oxygen atoms in total. The van der Waals surface area contributed by atoms with Crippen molar-refractivity contribution in [3.63, 3.8) is 0 Å². The first-order valence-corrected chi connectivity index (χ1v) is 9.89. The molecule has 2 amide bonds. The number of nitrogens with zero attached hydrogens (tertiary/aromatic N) is 2. The second-order valence-corrected chi connectivity index (χ2v) is 7.32. The van der Waals surface area contributed by atoms with E-state index in [9.17, 15) is 9.59 Å². The van der Waals surface area contributed by atoms with Crippen LogP contribution in [0, 0.1) is 0 Å². The van der Waals surface area contributed by atoms with Gasteiger partial charge in [-0.2, -0.15) is 0 Å². The van der Waals surface area contributed by atoms with E-state index in [1.165, 1.54) is 12.3 Å². The van der Waals surface area contributed by atoms with E-state index >= 15 is 0 Å². The average Bonchev–Trinajstić information content (AvgIpc) is 3.31. The number of halogens is 2. The Morgan fingerprint density at radius 3 is 2.26 bits per heavy atom. The summed E-state index contributed by atoms with van der Waals surface area (Å²) in [7, 11) is 0. The molecule has 9 heteroatoms. The van der Waals surface area contributed by atoms with Crippen molar-refractivity contribution in [2.75, 3.05) is 10.6 Å². The summed E-state index contributed by atoms with van der Waals surface area (Å²) in [5, 5.41) is 6.28. The van der Waals surface area contributed by atoms with Gasteiger partial charge in [0.05, 0.1) is 22.5 Å². The Morgan fingerprint density at radius 1 is 0.839 bits per heavy atom. The van der Waals surface area contributed by atoms with E-state index in [0.717, 1.165) is 0 Å². The number of benzene rings is 2. The Hall–Kier alpha value is -3.68. The Labute approximate surface area is 187 Å². The second-order valence-electron chi connectivity index (χ2n) is 6.48. The summed E-state index contributed by atoms with van der Waals surface area (Å²) in [5.41, 5.74) is 2.22. The largest absolute Gasteiger partial charge is 0.343 e. The summed E-state index contributed by atoms with van der Waals surface area (Å²) in [4.78, 5) is 36.5. The SMILES string of the molecule is O=C(Nc1ccc(Cl)c(C(=O)Nc2ccc(-c3ncc[nH]3)nc2)c1)c1ccc(Cl)cc1. The Bertz CT molecular complexity index is 1220. The van der Waals surface area contributed by atoms with Crippen LogP contribution in [-0.2, 0) is 0 Å². The molecule has 0 spiro atoms. The maximum absolute atomic E-state index is 12.7. The number of hydrogen-bond acceptors (Lipinski definition) is 4. The number of nitrogens with one attached hydrogen (secondary N) is 3. The molecule has 4 rings (SSSR count).